The Kier molecular flexibility index (Phi) is 4.62. The summed E-state index contributed by atoms with van der Waals surface area (Å²) in [5.74, 6) is 0. The lowest BCUT2D eigenvalue weighted by atomic mass is 10.2. The van der Waals surface area contributed by atoms with Crippen molar-refractivity contribution >= 4 is 11.6 Å². The largest absolute Gasteiger partial charge is 0.309 e. The molecule has 1 aromatic rings. The van der Waals surface area contributed by atoms with Gasteiger partial charge in [0.15, 0.2) is 0 Å². The monoisotopic (exact) mass is 214 g/mol. The van der Waals surface area contributed by atoms with E-state index in [1.165, 1.54) is 0 Å². The first-order valence-corrected chi connectivity index (χ1v) is 4.95. The molecule has 0 spiro atoms. The number of aryl methyl sites for hydroxylation is 1. The van der Waals surface area contributed by atoms with E-state index < -0.39 is 0 Å². The van der Waals surface area contributed by atoms with Crippen LogP contribution in [0.4, 0.5) is 0 Å². The number of rotatable bonds is 6. The number of nitrogens with one attached hydrogen (secondary N) is 1. The summed E-state index contributed by atoms with van der Waals surface area (Å²) in [6, 6.07) is 0.398. The van der Waals surface area contributed by atoms with Crippen molar-refractivity contribution in [3.8, 4) is 0 Å². The first kappa shape index (κ1) is 11.2. The smallest absolute Gasteiger partial charge is 0.137 e. The zero-order valence-corrected chi connectivity index (χ0v) is 9.04. The third-order valence-corrected chi connectivity index (χ3v) is 2.03. The Bertz CT molecular complexity index is 270. The van der Waals surface area contributed by atoms with E-state index in [-0.39, 0.29) is 0 Å². The van der Waals surface area contributed by atoms with Gasteiger partial charge >= 0.3 is 0 Å². The van der Waals surface area contributed by atoms with E-state index in [0.717, 1.165) is 13.0 Å². The van der Waals surface area contributed by atoms with Gasteiger partial charge in [0.2, 0.25) is 0 Å². The van der Waals surface area contributed by atoms with Crippen molar-refractivity contribution < 1.29 is 0 Å². The fraction of sp³-hybridized carbons (Fsp3) is 0.556. The highest BCUT2D eigenvalue weighted by Crippen LogP contribution is 1.98. The van der Waals surface area contributed by atoms with E-state index in [4.69, 9.17) is 11.6 Å². The normalized spacial score (nSPS) is 12.7. The standard InChI is InChI=1S/C9H15ClN4/c1-8(10)5-12-9(2)3-4-14-7-11-6-13-14/h6-7,9,12H,1,3-5H2,2H3. The van der Waals surface area contributed by atoms with Crippen molar-refractivity contribution in [2.75, 3.05) is 6.54 Å². The molecule has 78 valence electrons. The molecule has 0 saturated heterocycles. The molecule has 1 heterocycles. The summed E-state index contributed by atoms with van der Waals surface area (Å²) in [5.41, 5.74) is 0. The van der Waals surface area contributed by atoms with Crippen LogP contribution in [0.3, 0.4) is 0 Å². The quantitative estimate of drug-likeness (QED) is 0.779. The molecule has 14 heavy (non-hydrogen) atoms. The molecule has 0 aliphatic heterocycles. The third kappa shape index (κ3) is 4.39. The second kappa shape index (κ2) is 5.78. The van der Waals surface area contributed by atoms with Crippen molar-refractivity contribution in [3.05, 3.63) is 24.3 Å². The van der Waals surface area contributed by atoms with Gasteiger partial charge in [-0.3, -0.25) is 4.68 Å². The molecule has 0 aliphatic rings. The van der Waals surface area contributed by atoms with Crippen LogP contribution in [-0.2, 0) is 6.54 Å². The molecule has 1 N–H and O–H groups in total. The van der Waals surface area contributed by atoms with Gasteiger partial charge in [-0.1, -0.05) is 18.2 Å². The highest BCUT2D eigenvalue weighted by molar-refractivity contribution is 6.29. The van der Waals surface area contributed by atoms with Crippen molar-refractivity contribution in [1.82, 2.24) is 20.1 Å². The van der Waals surface area contributed by atoms with Crippen LogP contribution in [0, 0.1) is 0 Å². The van der Waals surface area contributed by atoms with Crippen LogP contribution in [0.15, 0.2) is 24.3 Å². The van der Waals surface area contributed by atoms with Gasteiger partial charge < -0.3 is 5.32 Å². The molecule has 1 aromatic heterocycles. The second-order valence-corrected chi connectivity index (χ2v) is 3.78. The molecule has 0 aliphatic carbocycles. The summed E-state index contributed by atoms with van der Waals surface area (Å²) in [4.78, 5) is 3.87. The lowest BCUT2D eigenvalue weighted by Crippen LogP contribution is -2.28. The molecule has 0 fully saturated rings. The minimum atomic E-state index is 0.398. The van der Waals surface area contributed by atoms with Gasteiger partial charge in [0, 0.05) is 24.2 Å². The second-order valence-electron chi connectivity index (χ2n) is 3.25. The molecular weight excluding hydrogens is 200 g/mol. The van der Waals surface area contributed by atoms with E-state index >= 15 is 0 Å². The molecule has 0 bridgehead atoms. The van der Waals surface area contributed by atoms with Crippen LogP contribution >= 0.6 is 11.6 Å². The van der Waals surface area contributed by atoms with Crippen molar-refractivity contribution in [2.45, 2.75) is 25.9 Å². The molecule has 0 saturated carbocycles. The predicted octanol–water partition coefficient (Wildman–Crippen LogP) is 1.40. The van der Waals surface area contributed by atoms with Crippen LogP contribution in [-0.4, -0.2) is 27.4 Å². The van der Waals surface area contributed by atoms with Crippen LogP contribution < -0.4 is 5.32 Å². The Hall–Kier alpha value is -0.870. The van der Waals surface area contributed by atoms with Crippen molar-refractivity contribution in [1.29, 1.82) is 0 Å². The number of aromatic nitrogens is 3. The number of nitrogens with zero attached hydrogens (tertiary/aromatic N) is 3. The summed E-state index contributed by atoms with van der Waals surface area (Å²) in [7, 11) is 0. The van der Waals surface area contributed by atoms with Crippen LogP contribution in [0.5, 0.6) is 0 Å². The van der Waals surface area contributed by atoms with Crippen molar-refractivity contribution in [2.24, 2.45) is 0 Å². The molecule has 0 amide bonds. The number of hydrogen-bond donors (Lipinski definition) is 1. The zero-order valence-electron chi connectivity index (χ0n) is 8.28. The third-order valence-electron chi connectivity index (χ3n) is 1.90. The molecule has 1 atom stereocenters. The first-order valence-electron chi connectivity index (χ1n) is 4.57. The summed E-state index contributed by atoms with van der Waals surface area (Å²) < 4.78 is 1.81. The maximum atomic E-state index is 5.64. The number of halogens is 1. The SMILES string of the molecule is C=C(Cl)CNC(C)CCn1cncn1. The van der Waals surface area contributed by atoms with Gasteiger partial charge in [0.25, 0.3) is 0 Å². The Labute approximate surface area is 89.0 Å². The summed E-state index contributed by atoms with van der Waals surface area (Å²) in [6.45, 7) is 7.24. The Morgan fingerprint density at radius 2 is 2.50 bits per heavy atom. The predicted molar refractivity (Wildman–Crippen MR) is 57.1 cm³/mol. The van der Waals surface area contributed by atoms with Gasteiger partial charge in [-0.05, 0) is 13.3 Å². The minimum Gasteiger partial charge on any atom is -0.309 e. The van der Waals surface area contributed by atoms with E-state index in [2.05, 4.69) is 28.9 Å². The zero-order chi connectivity index (χ0) is 10.4. The van der Waals surface area contributed by atoms with Gasteiger partial charge in [0.1, 0.15) is 12.7 Å². The van der Waals surface area contributed by atoms with E-state index in [1.807, 2.05) is 4.68 Å². The molecule has 4 nitrogen and oxygen atoms in total. The van der Waals surface area contributed by atoms with Crippen LogP contribution in [0.2, 0.25) is 0 Å². The fourth-order valence-electron chi connectivity index (χ4n) is 1.06. The molecule has 1 rings (SSSR count). The average molecular weight is 215 g/mol. The Morgan fingerprint density at radius 3 is 3.07 bits per heavy atom. The van der Waals surface area contributed by atoms with E-state index in [9.17, 15) is 0 Å². The van der Waals surface area contributed by atoms with Crippen LogP contribution in [0.25, 0.3) is 0 Å². The molecule has 0 radical (unpaired) electrons. The van der Waals surface area contributed by atoms with E-state index in [1.54, 1.807) is 12.7 Å². The lowest BCUT2D eigenvalue weighted by molar-refractivity contribution is 0.472. The number of hydrogen-bond acceptors (Lipinski definition) is 3. The molecule has 1 unspecified atom stereocenters. The maximum Gasteiger partial charge on any atom is 0.137 e. The topological polar surface area (TPSA) is 42.7 Å². The summed E-state index contributed by atoms with van der Waals surface area (Å²) in [6.07, 6.45) is 4.25. The fourth-order valence-corrected chi connectivity index (χ4v) is 1.14. The molecular formula is C9H15ClN4. The average Bonchev–Trinajstić information content (AvgIpc) is 2.63. The van der Waals surface area contributed by atoms with Gasteiger partial charge in [-0.15, -0.1) is 0 Å². The minimum absolute atomic E-state index is 0.398. The first-order chi connectivity index (χ1) is 6.68. The maximum absolute atomic E-state index is 5.64. The van der Waals surface area contributed by atoms with Gasteiger partial charge in [0.05, 0.1) is 0 Å². The Morgan fingerprint density at radius 1 is 1.71 bits per heavy atom. The van der Waals surface area contributed by atoms with Gasteiger partial charge in [-0.2, -0.15) is 5.10 Å². The van der Waals surface area contributed by atoms with E-state index in [0.29, 0.717) is 17.6 Å². The van der Waals surface area contributed by atoms with Gasteiger partial charge in [-0.25, -0.2) is 4.98 Å². The highest BCUT2D eigenvalue weighted by Gasteiger charge is 2.01. The molecule has 5 heteroatoms. The summed E-state index contributed by atoms with van der Waals surface area (Å²) in [5, 5.41) is 7.91. The molecule has 0 aromatic carbocycles. The Balaban J connectivity index is 2.15. The summed E-state index contributed by atoms with van der Waals surface area (Å²) >= 11 is 5.64. The van der Waals surface area contributed by atoms with Crippen LogP contribution in [0.1, 0.15) is 13.3 Å². The lowest BCUT2D eigenvalue weighted by Gasteiger charge is -2.12. The highest BCUT2D eigenvalue weighted by atomic mass is 35.5. The van der Waals surface area contributed by atoms with Crippen molar-refractivity contribution in [3.63, 3.8) is 0 Å².